The van der Waals surface area contributed by atoms with Crippen molar-refractivity contribution >= 4 is 11.0 Å². The van der Waals surface area contributed by atoms with Crippen molar-refractivity contribution < 1.29 is 74.1 Å². The molecule has 16 nitrogen and oxygen atoms in total. The first-order valence-electron chi connectivity index (χ1n) is 13.4. The van der Waals surface area contributed by atoms with Crippen LogP contribution in [0.25, 0.3) is 22.3 Å². The predicted octanol–water partition coefficient (Wildman–Crippen LogP) is -1.74. The van der Waals surface area contributed by atoms with Crippen molar-refractivity contribution in [1.29, 1.82) is 0 Å². The van der Waals surface area contributed by atoms with Gasteiger partial charge in [-0.25, -0.2) is 0 Å². The van der Waals surface area contributed by atoms with E-state index in [1.54, 1.807) is 0 Å². The fraction of sp³-hybridized carbons (Fsp3) is 0.464. The van der Waals surface area contributed by atoms with E-state index in [-0.39, 0.29) is 34.2 Å². The second-order valence-electron chi connectivity index (χ2n) is 10.4. The summed E-state index contributed by atoms with van der Waals surface area (Å²) >= 11 is 0. The molecule has 9 N–H and O–H groups in total. The average molecular weight is 625 g/mol. The Morgan fingerprint density at radius 3 is 2.23 bits per heavy atom. The van der Waals surface area contributed by atoms with Gasteiger partial charge in [-0.2, -0.15) is 0 Å². The highest BCUT2D eigenvalue weighted by Crippen LogP contribution is 2.40. The second kappa shape index (κ2) is 12.4. The molecule has 3 aromatic rings. The summed E-state index contributed by atoms with van der Waals surface area (Å²) in [6.45, 7) is 0.640. The lowest BCUT2D eigenvalue weighted by Crippen LogP contribution is -2.58. The van der Waals surface area contributed by atoms with E-state index in [2.05, 4.69) is 0 Å². The average Bonchev–Trinajstić information content (AvgIpc) is 3.28. The molecule has 2 aliphatic rings. The van der Waals surface area contributed by atoms with Gasteiger partial charge in [0.2, 0.25) is 23.8 Å². The smallest absolute Gasteiger partial charge is 0.239 e. The summed E-state index contributed by atoms with van der Waals surface area (Å²) in [5, 5.41) is 91.0. The zero-order valence-electron chi connectivity index (χ0n) is 23.3. The number of rotatable bonds is 8. The molecule has 10 atom stereocenters. The Balaban J connectivity index is 1.60. The van der Waals surface area contributed by atoms with Crippen LogP contribution >= 0.6 is 0 Å². The minimum Gasteiger partial charge on any atom is -0.507 e. The highest BCUT2D eigenvalue weighted by molar-refractivity contribution is 5.88. The molecule has 0 saturated carbocycles. The lowest BCUT2D eigenvalue weighted by Gasteiger charge is -2.38. The van der Waals surface area contributed by atoms with Crippen molar-refractivity contribution in [2.45, 2.75) is 68.3 Å². The van der Waals surface area contributed by atoms with E-state index in [0.717, 1.165) is 6.07 Å². The summed E-state index contributed by atoms with van der Waals surface area (Å²) in [6.07, 6.45) is -15.4. The molecular weight excluding hydrogens is 592 g/mol. The predicted molar refractivity (Wildman–Crippen MR) is 145 cm³/mol. The standard InChI is InChI=1S/C28H32O16/c1-9-18(33)20(35)22(37)27(40-9)41-11-6-13(31)17-16(7-11)42-24(10-3-4-12(30)15(5-10)39-2)26(19(17)34)44-28-23(38)21(36)25(43-28)14(32)8-29/h3-7,9,14,18,20-23,25,27-33,35-38H,8H2,1-2H3/t9-,14-,18-,20+,21+,22+,23+,25+,27+,28+/m1/s1. The molecule has 0 bridgehead atoms. The van der Waals surface area contributed by atoms with Gasteiger partial charge in [0.25, 0.3) is 0 Å². The van der Waals surface area contributed by atoms with Gasteiger partial charge in [0.05, 0.1) is 19.8 Å². The van der Waals surface area contributed by atoms with E-state index in [9.17, 15) is 50.8 Å². The van der Waals surface area contributed by atoms with Crippen molar-refractivity contribution in [3.05, 3.63) is 40.6 Å². The Hall–Kier alpha value is -3.71. The highest BCUT2D eigenvalue weighted by Gasteiger charge is 2.48. The van der Waals surface area contributed by atoms with E-state index < -0.39 is 90.3 Å². The number of aromatic hydroxyl groups is 2. The summed E-state index contributed by atoms with van der Waals surface area (Å²) in [6, 6.07) is 6.06. The number of hydrogen-bond donors (Lipinski definition) is 9. The molecule has 3 heterocycles. The topological polar surface area (TPSA) is 258 Å². The first kappa shape index (κ1) is 31.7. The van der Waals surface area contributed by atoms with Gasteiger partial charge in [-0.3, -0.25) is 4.79 Å². The molecule has 1 aromatic heterocycles. The summed E-state index contributed by atoms with van der Waals surface area (Å²) in [4.78, 5) is 13.8. The zero-order valence-corrected chi connectivity index (χ0v) is 23.3. The highest BCUT2D eigenvalue weighted by atomic mass is 16.7. The molecular formula is C28H32O16. The lowest BCUT2D eigenvalue weighted by atomic mass is 10.00. The molecule has 0 spiro atoms. The minimum absolute atomic E-state index is 0.0202. The Morgan fingerprint density at radius 1 is 0.864 bits per heavy atom. The van der Waals surface area contributed by atoms with Crippen LogP contribution in [0.4, 0.5) is 0 Å². The fourth-order valence-electron chi connectivity index (χ4n) is 4.99. The second-order valence-corrected chi connectivity index (χ2v) is 10.4. The van der Waals surface area contributed by atoms with Crippen LogP contribution in [0.3, 0.4) is 0 Å². The molecule has 0 radical (unpaired) electrons. The molecule has 0 unspecified atom stereocenters. The van der Waals surface area contributed by atoms with Gasteiger partial charge >= 0.3 is 0 Å². The van der Waals surface area contributed by atoms with Crippen LogP contribution in [0.2, 0.25) is 0 Å². The maximum absolute atomic E-state index is 13.8. The number of aliphatic hydroxyl groups is 7. The first-order valence-corrected chi connectivity index (χ1v) is 13.4. The summed E-state index contributed by atoms with van der Waals surface area (Å²) < 4.78 is 33.3. The molecule has 2 aliphatic heterocycles. The normalized spacial score (nSPS) is 31.2. The maximum Gasteiger partial charge on any atom is 0.239 e. The molecule has 240 valence electrons. The summed E-state index contributed by atoms with van der Waals surface area (Å²) in [5.41, 5.74) is -1.13. The van der Waals surface area contributed by atoms with Crippen molar-refractivity contribution in [1.82, 2.24) is 0 Å². The molecule has 44 heavy (non-hydrogen) atoms. The Labute approximate surface area is 248 Å². The van der Waals surface area contributed by atoms with Crippen LogP contribution in [-0.2, 0) is 9.47 Å². The largest absolute Gasteiger partial charge is 0.507 e. The number of aliphatic hydroxyl groups excluding tert-OH is 7. The van der Waals surface area contributed by atoms with Crippen LogP contribution in [0, 0.1) is 0 Å². The Morgan fingerprint density at radius 2 is 1.55 bits per heavy atom. The maximum atomic E-state index is 13.8. The fourth-order valence-corrected chi connectivity index (χ4v) is 4.99. The van der Waals surface area contributed by atoms with Crippen molar-refractivity contribution in [3.63, 3.8) is 0 Å². The number of hydrogen-bond acceptors (Lipinski definition) is 16. The van der Waals surface area contributed by atoms with Gasteiger partial charge in [-0.1, -0.05) is 0 Å². The molecule has 5 rings (SSSR count). The number of phenolic OH excluding ortho intramolecular Hbond substituents is 2. The van der Waals surface area contributed by atoms with E-state index in [4.69, 9.17) is 28.1 Å². The van der Waals surface area contributed by atoms with Crippen LogP contribution in [0.5, 0.6) is 28.7 Å². The number of benzene rings is 2. The van der Waals surface area contributed by atoms with E-state index in [1.165, 1.54) is 38.3 Å². The number of fused-ring (bicyclic) bond motifs is 1. The third-order valence-corrected chi connectivity index (χ3v) is 7.47. The third kappa shape index (κ3) is 5.63. The third-order valence-electron chi connectivity index (χ3n) is 7.47. The molecule has 0 amide bonds. The first-order chi connectivity index (χ1) is 20.9. The Kier molecular flexibility index (Phi) is 8.90. The summed E-state index contributed by atoms with van der Waals surface area (Å²) in [7, 11) is 1.28. The quantitative estimate of drug-likeness (QED) is 0.135. The zero-order chi connectivity index (χ0) is 32.0. The Bertz CT molecular complexity index is 1560. The van der Waals surface area contributed by atoms with E-state index in [0.29, 0.717) is 0 Å². The lowest BCUT2D eigenvalue weighted by molar-refractivity contribution is -0.268. The number of methoxy groups -OCH3 is 1. The molecule has 2 aromatic carbocycles. The van der Waals surface area contributed by atoms with Crippen molar-refractivity contribution in [2.75, 3.05) is 13.7 Å². The van der Waals surface area contributed by atoms with Crippen LogP contribution in [0.15, 0.2) is 39.5 Å². The summed E-state index contributed by atoms with van der Waals surface area (Å²) in [5.74, 6) is -2.03. The number of phenols is 2. The monoisotopic (exact) mass is 624 g/mol. The SMILES string of the molecule is COc1cc(-c2oc3cc(O[C@@H]4O[C@H](C)[C@@H](O)[C@H](O)[C@@H]4O)cc(O)c3c(=O)c2O[C@@H]2O[C@@H]([C@H](O)CO)[C@@H](O)[C@@H]2O)ccc1O. The molecule has 0 aliphatic carbocycles. The van der Waals surface area contributed by atoms with Gasteiger partial charge in [-0.15, -0.1) is 0 Å². The molecule has 2 fully saturated rings. The minimum atomic E-state index is -1.79. The van der Waals surface area contributed by atoms with Crippen molar-refractivity contribution in [2.24, 2.45) is 0 Å². The van der Waals surface area contributed by atoms with Crippen LogP contribution in [-0.4, -0.2) is 121 Å². The van der Waals surface area contributed by atoms with E-state index >= 15 is 0 Å². The molecule has 16 heteroatoms. The van der Waals surface area contributed by atoms with Gasteiger partial charge in [0.1, 0.15) is 65.2 Å². The van der Waals surface area contributed by atoms with Crippen LogP contribution in [0.1, 0.15) is 6.92 Å². The van der Waals surface area contributed by atoms with Gasteiger partial charge < -0.3 is 74.1 Å². The van der Waals surface area contributed by atoms with Gasteiger partial charge in [-0.05, 0) is 25.1 Å². The van der Waals surface area contributed by atoms with Crippen LogP contribution < -0.4 is 19.6 Å². The van der Waals surface area contributed by atoms with Crippen molar-refractivity contribution in [3.8, 4) is 40.1 Å². The number of ether oxygens (including phenoxy) is 5. The van der Waals surface area contributed by atoms with Gasteiger partial charge in [0.15, 0.2) is 17.3 Å². The van der Waals surface area contributed by atoms with Gasteiger partial charge in [0, 0.05) is 17.7 Å². The van der Waals surface area contributed by atoms with E-state index in [1.807, 2.05) is 0 Å². The molecule has 2 saturated heterocycles.